The molecule has 1 saturated heterocycles. The van der Waals surface area contributed by atoms with E-state index in [2.05, 4.69) is 6.07 Å². The van der Waals surface area contributed by atoms with E-state index in [1.807, 2.05) is 72.8 Å². The number of hydrogen-bond donors (Lipinski definition) is 0. The molecule has 1 fully saturated rings. The molecule has 2 amide bonds. The molecule has 0 atom stereocenters. The number of hydrazine groups is 1. The molecule has 166 valence electrons. The Balaban J connectivity index is 1.37. The Labute approximate surface area is 193 Å². The van der Waals surface area contributed by atoms with E-state index >= 15 is 0 Å². The molecule has 5 heteroatoms. The predicted molar refractivity (Wildman–Crippen MR) is 128 cm³/mol. The summed E-state index contributed by atoms with van der Waals surface area (Å²) in [6.07, 6.45) is 4.78. The van der Waals surface area contributed by atoms with E-state index in [4.69, 9.17) is 0 Å². The molecule has 1 heterocycles. The van der Waals surface area contributed by atoms with Gasteiger partial charge in [-0.3, -0.25) is 14.4 Å². The van der Waals surface area contributed by atoms with Crippen LogP contribution in [0.15, 0.2) is 78.9 Å². The number of para-hydroxylation sites is 2. The molecule has 0 unspecified atom stereocenters. The van der Waals surface area contributed by atoms with E-state index in [-0.39, 0.29) is 30.4 Å². The van der Waals surface area contributed by atoms with Gasteiger partial charge < -0.3 is 0 Å². The molecule has 0 saturated carbocycles. The minimum absolute atomic E-state index is 0.0200. The molecular weight excluding hydrogens is 412 g/mol. The zero-order chi connectivity index (χ0) is 22.8. The molecule has 0 radical (unpaired) electrons. The van der Waals surface area contributed by atoms with E-state index in [1.165, 1.54) is 27.6 Å². The average Bonchev–Trinajstić information content (AvgIpc) is 3.12. The number of aryl methyl sites for hydroxylation is 2. The fourth-order valence-corrected chi connectivity index (χ4v) is 4.80. The van der Waals surface area contributed by atoms with Gasteiger partial charge in [-0.05, 0) is 73.6 Å². The lowest BCUT2D eigenvalue weighted by Crippen LogP contribution is -2.41. The molecule has 5 rings (SSSR count). The molecule has 33 heavy (non-hydrogen) atoms. The Kier molecular flexibility index (Phi) is 5.78. The Morgan fingerprint density at radius 1 is 0.727 bits per heavy atom. The van der Waals surface area contributed by atoms with Crippen molar-refractivity contribution in [3.63, 3.8) is 0 Å². The molecule has 5 nitrogen and oxygen atoms in total. The van der Waals surface area contributed by atoms with Crippen molar-refractivity contribution in [3.05, 3.63) is 95.6 Å². The summed E-state index contributed by atoms with van der Waals surface area (Å²) in [5, 5.41) is 2.87. The van der Waals surface area contributed by atoms with Gasteiger partial charge in [0.05, 0.1) is 11.4 Å². The first-order chi connectivity index (χ1) is 16.1. The summed E-state index contributed by atoms with van der Waals surface area (Å²) in [6, 6.07) is 24.3. The second kappa shape index (κ2) is 9.02. The van der Waals surface area contributed by atoms with E-state index < -0.39 is 5.92 Å². The second-order valence-corrected chi connectivity index (χ2v) is 8.68. The second-order valence-electron chi connectivity index (χ2n) is 8.68. The van der Waals surface area contributed by atoms with E-state index in [0.29, 0.717) is 16.9 Å². The highest BCUT2D eigenvalue weighted by molar-refractivity contribution is 6.23. The van der Waals surface area contributed by atoms with Crippen molar-refractivity contribution in [2.45, 2.75) is 38.5 Å². The van der Waals surface area contributed by atoms with Crippen molar-refractivity contribution in [1.29, 1.82) is 0 Å². The number of hydrogen-bond acceptors (Lipinski definition) is 3. The van der Waals surface area contributed by atoms with Crippen molar-refractivity contribution >= 4 is 29.0 Å². The summed E-state index contributed by atoms with van der Waals surface area (Å²) in [4.78, 5) is 39.7. The number of nitrogens with zero attached hydrogens (tertiary/aromatic N) is 2. The SMILES string of the molecule is O=C(CCC1C(=O)N(c2ccccc2)N(c2ccccc2)C1=O)c1ccc2c(c1)CCCC2. The Morgan fingerprint density at radius 2 is 1.27 bits per heavy atom. The van der Waals surface area contributed by atoms with Gasteiger partial charge in [0, 0.05) is 12.0 Å². The van der Waals surface area contributed by atoms with Gasteiger partial charge in [-0.2, -0.15) is 0 Å². The van der Waals surface area contributed by atoms with Gasteiger partial charge in [-0.15, -0.1) is 0 Å². The van der Waals surface area contributed by atoms with Gasteiger partial charge in [-0.25, -0.2) is 10.0 Å². The van der Waals surface area contributed by atoms with Crippen molar-refractivity contribution in [3.8, 4) is 0 Å². The smallest absolute Gasteiger partial charge is 0.258 e. The van der Waals surface area contributed by atoms with Crippen molar-refractivity contribution in [2.24, 2.45) is 5.92 Å². The lowest BCUT2D eigenvalue weighted by atomic mass is 9.89. The molecule has 0 N–H and O–H groups in total. The Bertz CT molecular complexity index is 1130. The van der Waals surface area contributed by atoms with Crippen molar-refractivity contribution in [2.75, 3.05) is 10.0 Å². The van der Waals surface area contributed by atoms with Gasteiger partial charge in [0.25, 0.3) is 11.8 Å². The van der Waals surface area contributed by atoms with Crippen LogP contribution in [0, 0.1) is 5.92 Å². The number of rotatable bonds is 6. The van der Waals surface area contributed by atoms with Crippen LogP contribution in [-0.2, 0) is 22.4 Å². The van der Waals surface area contributed by atoms with Crippen molar-refractivity contribution < 1.29 is 14.4 Å². The van der Waals surface area contributed by atoms with Crippen LogP contribution < -0.4 is 10.0 Å². The van der Waals surface area contributed by atoms with Crippen LogP contribution in [0.1, 0.15) is 47.2 Å². The molecule has 0 spiro atoms. The number of anilines is 2. The van der Waals surface area contributed by atoms with Crippen LogP contribution in [0.2, 0.25) is 0 Å². The highest BCUT2D eigenvalue weighted by atomic mass is 16.2. The van der Waals surface area contributed by atoms with Crippen LogP contribution in [0.3, 0.4) is 0 Å². The van der Waals surface area contributed by atoms with Crippen LogP contribution in [0.4, 0.5) is 11.4 Å². The van der Waals surface area contributed by atoms with E-state index in [9.17, 15) is 14.4 Å². The quantitative estimate of drug-likeness (QED) is 0.396. The minimum Gasteiger partial charge on any atom is -0.294 e. The summed E-state index contributed by atoms with van der Waals surface area (Å²) in [5.74, 6) is -1.50. The third-order valence-corrected chi connectivity index (χ3v) is 6.55. The maximum Gasteiger partial charge on any atom is 0.258 e. The Hall–Kier alpha value is -3.73. The fraction of sp³-hybridized carbons (Fsp3) is 0.250. The molecule has 2 aliphatic rings. The van der Waals surface area contributed by atoms with Crippen LogP contribution in [0.5, 0.6) is 0 Å². The molecule has 1 aliphatic carbocycles. The fourth-order valence-electron chi connectivity index (χ4n) is 4.80. The van der Waals surface area contributed by atoms with Gasteiger partial charge in [-0.1, -0.05) is 48.5 Å². The topological polar surface area (TPSA) is 57.7 Å². The van der Waals surface area contributed by atoms with Crippen LogP contribution in [-0.4, -0.2) is 17.6 Å². The molecular formula is C28H26N2O3. The number of benzene rings is 3. The van der Waals surface area contributed by atoms with Gasteiger partial charge in [0.2, 0.25) is 0 Å². The molecule has 0 aromatic heterocycles. The maximum absolute atomic E-state index is 13.4. The average molecular weight is 439 g/mol. The normalized spacial score (nSPS) is 16.2. The van der Waals surface area contributed by atoms with Crippen LogP contribution >= 0.6 is 0 Å². The first-order valence-corrected chi connectivity index (χ1v) is 11.6. The number of fused-ring (bicyclic) bond motifs is 1. The zero-order valence-corrected chi connectivity index (χ0v) is 18.4. The lowest BCUT2D eigenvalue weighted by molar-refractivity contribution is -0.127. The third kappa shape index (κ3) is 4.07. The van der Waals surface area contributed by atoms with Gasteiger partial charge in [0.1, 0.15) is 5.92 Å². The summed E-state index contributed by atoms with van der Waals surface area (Å²) < 4.78 is 0. The highest BCUT2D eigenvalue weighted by Crippen LogP contribution is 2.34. The maximum atomic E-state index is 13.4. The number of ketones is 1. The van der Waals surface area contributed by atoms with E-state index in [1.54, 1.807) is 0 Å². The number of Topliss-reactive ketones (excluding diaryl/α,β-unsaturated/α-hetero) is 1. The molecule has 3 aromatic rings. The molecule has 3 aromatic carbocycles. The molecule has 0 bridgehead atoms. The zero-order valence-electron chi connectivity index (χ0n) is 18.4. The minimum atomic E-state index is -0.882. The summed E-state index contributed by atoms with van der Waals surface area (Å²) >= 11 is 0. The third-order valence-electron chi connectivity index (χ3n) is 6.55. The summed E-state index contributed by atoms with van der Waals surface area (Å²) in [5.41, 5.74) is 4.52. The first kappa shape index (κ1) is 21.1. The Morgan fingerprint density at radius 3 is 1.85 bits per heavy atom. The van der Waals surface area contributed by atoms with Gasteiger partial charge >= 0.3 is 0 Å². The number of amides is 2. The lowest BCUT2D eigenvalue weighted by Gasteiger charge is -2.27. The monoisotopic (exact) mass is 438 g/mol. The van der Waals surface area contributed by atoms with Gasteiger partial charge in [0.15, 0.2) is 5.78 Å². The number of carbonyl (C=O) groups is 3. The van der Waals surface area contributed by atoms with Crippen LogP contribution in [0.25, 0.3) is 0 Å². The van der Waals surface area contributed by atoms with E-state index in [0.717, 1.165) is 19.3 Å². The number of carbonyl (C=O) groups excluding carboxylic acids is 3. The largest absolute Gasteiger partial charge is 0.294 e. The summed E-state index contributed by atoms with van der Waals surface area (Å²) in [7, 11) is 0. The van der Waals surface area contributed by atoms with Crippen molar-refractivity contribution in [1.82, 2.24) is 0 Å². The molecule has 1 aliphatic heterocycles. The first-order valence-electron chi connectivity index (χ1n) is 11.6. The predicted octanol–water partition coefficient (Wildman–Crippen LogP) is 5.14. The summed E-state index contributed by atoms with van der Waals surface area (Å²) in [6.45, 7) is 0. The standard InChI is InChI=1S/C28H26N2O3/c31-26(22-16-15-20-9-7-8-10-21(20)19-22)18-17-25-27(32)29(23-11-3-1-4-12-23)30(28(25)33)24-13-5-2-6-14-24/h1-6,11-16,19,25H,7-10,17-18H2. The highest BCUT2D eigenvalue weighted by Gasteiger charge is 2.46.